The van der Waals surface area contributed by atoms with Crippen molar-refractivity contribution in [3.8, 4) is 0 Å². The van der Waals surface area contributed by atoms with E-state index in [0.29, 0.717) is 19.6 Å². The van der Waals surface area contributed by atoms with Gasteiger partial charge in [-0.2, -0.15) is 0 Å². The van der Waals surface area contributed by atoms with Gasteiger partial charge in [0.1, 0.15) is 0 Å². The second-order valence-electron chi connectivity index (χ2n) is 5.29. The van der Waals surface area contributed by atoms with Gasteiger partial charge in [0.05, 0.1) is 17.2 Å². The molecule has 1 heterocycles. The average Bonchev–Trinajstić information content (AvgIpc) is 2.96. The Hall–Kier alpha value is -1.43. The third kappa shape index (κ3) is 5.94. The Bertz CT molecular complexity index is 627. The van der Waals surface area contributed by atoms with Crippen LogP contribution in [0.15, 0.2) is 29.6 Å². The molecule has 4 nitrogen and oxygen atoms in total. The lowest BCUT2D eigenvalue weighted by atomic mass is 10.2. The van der Waals surface area contributed by atoms with Crippen molar-refractivity contribution in [3.63, 3.8) is 0 Å². The van der Waals surface area contributed by atoms with Crippen LogP contribution in [0.5, 0.6) is 0 Å². The molecule has 0 spiro atoms. The fourth-order valence-electron chi connectivity index (χ4n) is 2.24. The van der Waals surface area contributed by atoms with Crippen LogP contribution in [-0.4, -0.2) is 35.4 Å². The quantitative estimate of drug-likeness (QED) is 0.793. The lowest BCUT2D eigenvalue weighted by Crippen LogP contribution is -2.36. The van der Waals surface area contributed by atoms with Crippen molar-refractivity contribution in [2.24, 2.45) is 0 Å². The summed E-state index contributed by atoms with van der Waals surface area (Å²) < 4.78 is 0. The van der Waals surface area contributed by atoms with E-state index in [9.17, 15) is 4.79 Å². The fraction of sp³-hybridized carbons (Fsp3) is 0.412. The molecular formula is C17H22ClN3OS. The molecule has 2 aromatic rings. The summed E-state index contributed by atoms with van der Waals surface area (Å²) in [6.07, 6.45) is 0.810. The van der Waals surface area contributed by atoms with Crippen molar-refractivity contribution in [2.75, 3.05) is 19.6 Å². The van der Waals surface area contributed by atoms with Gasteiger partial charge in [0.2, 0.25) is 5.91 Å². The summed E-state index contributed by atoms with van der Waals surface area (Å²) in [6.45, 7) is 6.58. The molecule has 0 aliphatic carbocycles. The van der Waals surface area contributed by atoms with Gasteiger partial charge in [0, 0.05) is 29.9 Å². The van der Waals surface area contributed by atoms with Gasteiger partial charge in [-0.15, -0.1) is 11.3 Å². The molecule has 0 fully saturated rings. The summed E-state index contributed by atoms with van der Waals surface area (Å²) in [5.74, 6) is 0.0611. The number of amides is 1. The summed E-state index contributed by atoms with van der Waals surface area (Å²) in [7, 11) is 0. The van der Waals surface area contributed by atoms with E-state index in [0.717, 1.165) is 28.7 Å². The van der Waals surface area contributed by atoms with E-state index in [2.05, 4.69) is 27.5 Å². The number of benzene rings is 1. The number of aromatic nitrogens is 1. The van der Waals surface area contributed by atoms with Gasteiger partial charge in [-0.25, -0.2) is 4.98 Å². The van der Waals surface area contributed by atoms with Gasteiger partial charge in [0.15, 0.2) is 0 Å². The zero-order valence-corrected chi connectivity index (χ0v) is 15.1. The summed E-state index contributed by atoms with van der Waals surface area (Å²) in [4.78, 5) is 18.5. The van der Waals surface area contributed by atoms with Gasteiger partial charge in [-0.05, 0) is 31.2 Å². The third-order valence-corrected chi connectivity index (χ3v) is 4.59. The Morgan fingerprint density at radius 1 is 1.30 bits per heavy atom. The maximum absolute atomic E-state index is 11.7. The molecule has 0 aliphatic heterocycles. The van der Waals surface area contributed by atoms with E-state index in [1.807, 2.05) is 31.2 Å². The van der Waals surface area contributed by atoms with Gasteiger partial charge < -0.3 is 5.32 Å². The molecule has 23 heavy (non-hydrogen) atoms. The van der Waals surface area contributed by atoms with Crippen LogP contribution in [0, 0.1) is 0 Å². The van der Waals surface area contributed by atoms with Gasteiger partial charge >= 0.3 is 0 Å². The molecule has 0 unspecified atom stereocenters. The predicted molar refractivity (Wildman–Crippen MR) is 96.0 cm³/mol. The number of hydrogen-bond acceptors (Lipinski definition) is 4. The van der Waals surface area contributed by atoms with Crippen LogP contribution in [0.1, 0.15) is 30.1 Å². The van der Waals surface area contributed by atoms with Crippen molar-refractivity contribution >= 4 is 28.8 Å². The molecule has 0 radical (unpaired) electrons. The number of nitrogens with zero attached hydrogens (tertiary/aromatic N) is 2. The lowest BCUT2D eigenvalue weighted by molar-refractivity contribution is -0.122. The Balaban J connectivity index is 1.92. The number of thiazole rings is 1. The molecule has 6 heteroatoms. The Morgan fingerprint density at radius 3 is 2.70 bits per heavy atom. The zero-order valence-electron chi connectivity index (χ0n) is 13.5. The topological polar surface area (TPSA) is 45.2 Å². The van der Waals surface area contributed by atoms with Crippen LogP contribution in [-0.2, 0) is 17.8 Å². The molecule has 1 aromatic carbocycles. The highest BCUT2D eigenvalue weighted by molar-refractivity contribution is 7.09. The van der Waals surface area contributed by atoms with Crippen molar-refractivity contribution < 1.29 is 4.79 Å². The zero-order chi connectivity index (χ0) is 16.7. The fourth-order valence-corrected chi connectivity index (χ4v) is 3.19. The van der Waals surface area contributed by atoms with E-state index in [1.54, 1.807) is 11.3 Å². The molecule has 0 saturated carbocycles. The Kier molecular flexibility index (Phi) is 7.02. The first-order valence-corrected chi connectivity index (χ1v) is 9.03. The Labute approximate surface area is 146 Å². The number of halogens is 1. The van der Waals surface area contributed by atoms with Crippen molar-refractivity contribution in [3.05, 3.63) is 50.9 Å². The van der Waals surface area contributed by atoms with Crippen LogP contribution < -0.4 is 5.32 Å². The van der Waals surface area contributed by atoms with Crippen LogP contribution in [0.2, 0.25) is 5.02 Å². The van der Waals surface area contributed by atoms with E-state index in [-0.39, 0.29) is 5.91 Å². The second kappa shape index (κ2) is 9.01. The van der Waals surface area contributed by atoms with Crippen LogP contribution >= 0.6 is 22.9 Å². The van der Waals surface area contributed by atoms with Crippen LogP contribution in [0.25, 0.3) is 0 Å². The number of carbonyl (C=O) groups excluding carboxylic acids is 1. The first-order chi connectivity index (χ1) is 11.1. The van der Waals surface area contributed by atoms with E-state index in [4.69, 9.17) is 11.6 Å². The largest absolute Gasteiger partial charge is 0.355 e. The second-order valence-corrected chi connectivity index (χ2v) is 6.67. The summed E-state index contributed by atoms with van der Waals surface area (Å²) in [5, 5.41) is 6.73. The smallest absolute Gasteiger partial charge is 0.234 e. The molecule has 0 atom stereocenters. The molecule has 1 amide bonds. The maximum atomic E-state index is 11.7. The Morgan fingerprint density at radius 2 is 2.04 bits per heavy atom. The number of hydrogen-bond donors (Lipinski definition) is 1. The summed E-state index contributed by atoms with van der Waals surface area (Å²) >= 11 is 7.56. The molecule has 0 saturated heterocycles. The minimum absolute atomic E-state index is 0.0611. The predicted octanol–water partition coefficient (Wildman–Crippen LogP) is 3.35. The molecular weight excluding hydrogens is 330 g/mol. The van der Waals surface area contributed by atoms with E-state index in [1.165, 1.54) is 5.56 Å². The first kappa shape index (κ1) is 17.9. The first-order valence-electron chi connectivity index (χ1n) is 7.77. The number of rotatable bonds is 8. The van der Waals surface area contributed by atoms with Crippen LogP contribution in [0.4, 0.5) is 0 Å². The molecule has 0 aliphatic rings. The molecule has 1 aromatic heterocycles. The normalized spacial score (nSPS) is 11.0. The summed E-state index contributed by atoms with van der Waals surface area (Å²) in [5.41, 5.74) is 2.22. The van der Waals surface area contributed by atoms with E-state index < -0.39 is 0 Å². The number of carbonyl (C=O) groups is 1. The minimum atomic E-state index is 0.0611. The van der Waals surface area contributed by atoms with Gasteiger partial charge in [-0.1, -0.05) is 30.7 Å². The standard InChI is InChI=1S/C17H22ClN3OS/c1-3-19-16(22)11-21(4-2)10-15-12-23-17(20-15)9-13-5-7-14(18)8-6-13/h5-8,12H,3-4,9-11H2,1-2H3,(H,19,22). The number of nitrogens with one attached hydrogen (secondary N) is 1. The van der Waals surface area contributed by atoms with Crippen molar-refractivity contribution in [1.29, 1.82) is 0 Å². The van der Waals surface area contributed by atoms with Crippen LogP contribution in [0.3, 0.4) is 0 Å². The summed E-state index contributed by atoms with van der Waals surface area (Å²) in [6, 6.07) is 7.85. The highest BCUT2D eigenvalue weighted by atomic mass is 35.5. The van der Waals surface area contributed by atoms with Crippen molar-refractivity contribution in [1.82, 2.24) is 15.2 Å². The maximum Gasteiger partial charge on any atom is 0.234 e. The third-order valence-electron chi connectivity index (χ3n) is 3.44. The molecule has 2 rings (SSSR count). The lowest BCUT2D eigenvalue weighted by Gasteiger charge is -2.18. The SMILES string of the molecule is CCNC(=O)CN(CC)Cc1csc(Cc2ccc(Cl)cc2)n1. The average molecular weight is 352 g/mol. The molecule has 0 bridgehead atoms. The van der Waals surface area contributed by atoms with Gasteiger partial charge in [-0.3, -0.25) is 9.69 Å². The highest BCUT2D eigenvalue weighted by Gasteiger charge is 2.11. The molecule has 124 valence electrons. The van der Waals surface area contributed by atoms with Crippen molar-refractivity contribution in [2.45, 2.75) is 26.8 Å². The highest BCUT2D eigenvalue weighted by Crippen LogP contribution is 2.17. The van der Waals surface area contributed by atoms with Gasteiger partial charge in [0.25, 0.3) is 0 Å². The monoisotopic (exact) mass is 351 g/mol. The van der Waals surface area contributed by atoms with E-state index >= 15 is 0 Å². The molecule has 1 N–H and O–H groups in total. The minimum Gasteiger partial charge on any atom is -0.355 e. The number of likely N-dealkylation sites (N-methyl/N-ethyl adjacent to an activating group) is 2.